The van der Waals surface area contributed by atoms with Crippen molar-refractivity contribution in [1.82, 2.24) is 14.1 Å². The molecular formula is C28H29F2N5O3. The molecule has 0 amide bonds. The highest BCUT2D eigenvalue weighted by molar-refractivity contribution is 5.96. The van der Waals surface area contributed by atoms with Crippen LogP contribution in [0, 0.1) is 18.6 Å². The minimum atomic E-state index is -0.961. The van der Waals surface area contributed by atoms with E-state index >= 15 is 0 Å². The molecule has 2 N–H and O–H groups in total. The summed E-state index contributed by atoms with van der Waals surface area (Å²) >= 11 is 0. The lowest BCUT2D eigenvalue weighted by molar-refractivity contribution is 0.0970. The third-order valence-corrected chi connectivity index (χ3v) is 7.02. The maximum absolute atomic E-state index is 14.1. The van der Waals surface area contributed by atoms with Crippen LogP contribution in [0.5, 0.6) is 5.75 Å². The molecule has 0 bridgehead atoms. The van der Waals surface area contributed by atoms with Gasteiger partial charge in [0.25, 0.3) is 5.56 Å². The van der Waals surface area contributed by atoms with Crippen LogP contribution in [-0.4, -0.2) is 46.1 Å². The lowest BCUT2D eigenvalue weighted by atomic mass is 10.1. The molecule has 8 nitrogen and oxygen atoms in total. The summed E-state index contributed by atoms with van der Waals surface area (Å²) in [6.45, 7) is 3.13. The van der Waals surface area contributed by atoms with Gasteiger partial charge in [-0.3, -0.25) is 14.2 Å². The molecule has 0 spiro atoms. The minimum Gasteiger partial charge on any atom is -0.497 e. The molecule has 0 aliphatic carbocycles. The van der Waals surface area contributed by atoms with Gasteiger partial charge < -0.3 is 19.9 Å². The van der Waals surface area contributed by atoms with Crippen molar-refractivity contribution < 1.29 is 18.3 Å². The van der Waals surface area contributed by atoms with Crippen molar-refractivity contribution in [2.45, 2.75) is 38.9 Å². The Bertz CT molecular complexity index is 1580. The summed E-state index contributed by atoms with van der Waals surface area (Å²) < 4.78 is 36.0. The van der Waals surface area contributed by atoms with Gasteiger partial charge in [0, 0.05) is 36.8 Å². The van der Waals surface area contributed by atoms with Gasteiger partial charge in [-0.05, 0) is 49.6 Å². The van der Waals surface area contributed by atoms with Crippen LogP contribution in [0.25, 0.3) is 11.0 Å². The van der Waals surface area contributed by atoms with E-state index in [1.54, 1.807) is 28.8 Å². The Morgan fingerprint density at radius 1 is 1.18 bits per heavy atom. The first-order valence-electron chi connectivity index (χ1n) is 12.5. The molecule has 0 saturated carbocycles. The normalized spacial score (nSPS) is 15.7. The number of halogens is 2. The molecule has 2 aromatic heterocycles. The van der Waals surface area contributed by atoms with Gasteiger partial charge in [-0.15, -0.1) is 0 Å². The summed E-state index contributed by atoms with van der Waals surface area (Å²) in [5, 5.41) is 0. The molecule has 2 aromatic carbocycles. The number of fused-ring (bicyclic) bond motifs is 1. The number of rotatable bonds is 7. The van der Waals surface area contributed by atoms with E-state index in [0.717, 1.165) is 42.9 Å². The summed E-state index contributed by atoms with van der Waals surface area (Å²) in [5.41, 5.74) is 8.35. The van der Waals surface area contributed by atoms with Crippen LogP contribution in [0.3, 0.4) is 0 Å². The Kier molecular flexibility index (Phi) is 6.98. The number of hydrogen-bond acceptors (Lipinski definition) is 6. The molecule has 4 aromatic rings. The minimum absolute atomic E-state index is 0.0250. The van der Waals surface area contributed by atoms with Crippen molar-refractivity contribution in [2.24, 2.45) is 5.73 Å². The van der Waals surface area contributed by atoms with E-state index in [4.69, 9.17) is 10.5 Å². The summed E-state index contributed by atoms with van der Waals surface area (Å²) in [4.78, 5) is 33.5. The highest BCUT2D eigenvalue weighted by Gasteiger charge is 2.27. The average molecular weight is 522 g/mol. The maximum Gasteiger partial charge on any atom is 0.278 e. The number of benzene rings is 2. The van der Waals surface area contributed by atoms with Crippen molar-refractivity contribution in [2.75, 3.05) is 25.1 Å². The first-order chi connectivity index (χ1) is 18.3. The van der Waals surface area contributed by atoms with Gasteiger partial charge in [-0.2, -0.15) is 0 Å². The zero-order valence-corrected chi connectivity index (χ0v) is 21.3. The number of ether oxygens (including phenoxy) is 1. The number of nitrogens with two attached hydrogens (primary N) is 1. The van der Waals surface area contributed by atoms with Crippen LogP contribution in [0.2, 0.25) is 0 Å². The molecule has 1 aliphatic rings. The highest BCUT2D eigenvalue weighted by atomic mass is 19.2. The van der Waals surface area contributed by atoms with Crippen molar-refractivity contribution in [3.63, 3.8) is 0 Å². The molecule has 198 valence electrons. The number of aromatic nitrogens is 3. The van der Waals surface area contributed by atoms with Crippen LogP contribution >= 0.6 is 0 Å². The van der Waals surface area contributed by atoms with Gasteiger partial charge in [0.15, 0.2) is 17.4 Å². The fraction of sp³-hybridized carbons (Fsp3) is 0.321. The molecule has 1 fully saturated rings. The van der Waals surface area contributed by atoms with Crippen molar-refractivity contribution in [3.8, 4) is 5.75 Å². The Labute approximate surface area is 218 Å². The molecular weight excluding hydrogens is 492 g/mol. The van der Waals surface area contributed by atoms with Crippen LogP contribution in [0.15, 0.2) is 53.6 Å². The number of carbonyl (C=O) groups is 1. The van der Waals surface area contributed by atoms with E-state index in [2.05, 4.69) is 9.88 Å². The Morgan fingerprint density at radius 3 is 2.74 bits per heavy atom. The van der Waals surface area contributed by atoms with Crippen LogP contribution in [-0.2, 0) is 13.1 Å². The Hall–Kier alpha value is -4.05. The van der Waals surface area contributed by atoms with Crippen LogP contribution in [0.1, 0.15) is 34.3 Å². The third kappa shape index (κ3) is 4.79. The van der Waals surface area contributed by atoms with E-state index in [-0.39, 0.29) is 24.9 Å². The average Bonchev–Trinajstić information content (AvgIpc) is 3.19. The van der Waals surface area contributed by atoms with E-state index < -0.39 is 17.2 Å². The summed E-state index contributed by atoms with van der Waals surface area (Å²) in [6, 6.07) is 10.4. The van der Waals surface area contributed by atoms with Gasteiger partial charge in [0.1, 0.15) is 22.6 Å². The second-order valence-electron chi connectivity index (χ2n) is 9.66. The maximum atomic E-state index is 14.1. The highest BCUT2D eigenvalue weighted by Crippen LogP contribution is 2.32. The fourth-order valence-corrected chi connectivity index (χ4v) is 5.15. The zero-order valence-electron chi connectivity index (χ0n) is 21.3. The number of carbonyl (C=O) groups excluding carboxylic acids is 1. The lowest BCUT2D eigenvalue weighted by Crippen LogP contribution is -2.44. The third-order valence-electron chi connectivity index (χ3n) is 7.02. The largest absolute Gasteiger partial charge is 0.497 e. The van der Waals surface area contributed by atoms with Gasteiger partial charge >= 0.3 is 0 Å². The number of ketones is 1. The molecule has 3 heterocycles. The first kappa shape index (κ1) is 25.6. The van der Waals surface area contributed by atoms with Gasteiger partial charge in [0.05, 0.1) is 20.0 Å². The molecule has 1 saturated heterocycles. The topological polar surface area (TPSA) is 95.4 Å². The Morgan fingerprint density at radius 2 is 2.00 bits per heavy atom. The van der Waals surface area contributed by atoms with E-state index in [1.165, 1.54) is 24.1 Å². The second-order valence-corrected chi connectivity index (χ2v) is 9.66. The quantitative estimate of drug-likeness (QED) is 0.373. The molecule has 10 heteroatoms. The summed E-state index contributed by atoms with van der Waals surface area (Å²) in [5.74, 6) is -0.871. The van der Waals surface area contributed by atoms with E-state index in [1.807, 2.05) is 6.92 Å². The predicted molar refractivity (Wildman–Crippen MR) is 141 cm³/mol. The SMILES string of the molecule is COc1cccc(C(=O)Cn2cnc3c(C)c(N4CCC[C@@H](N)C4)n(Cc4ccc(F)c(F)c4)c3c2=O)c1. The second kappa shape index (κ2) is 10.4. The van der Waals surface area contributed by atoms with Crippen LogP contribution in [0.4, 0.5) is 14.6 Å². The number of Topliss-reactive ketones (excluding diaryl/α,β-unsaturated/α-hetero) is 1. The van der Waals surface area contributed by atoms with Crippen molar-refractivity contribution in [3.05, 3.63) is 87.5 Å². The molecule has 5 rings (SSSR count). The van der Waals surface area contributed by atoms with Gasteiger partial charge in [-0.25, -0.2) is 13.8 Å². The fourth-order valence-electron chi connectivity index (χ4n) is 5.15. The summed E-state index contributed by atoms with van der Waals surface area (Å²) in [7, 11) is 1.52. The number of nitrogens with zero attached hydrogens (tertiary/aromatic N) is 4. The van der Waals surface area contributed by atoms with Gasteiger partial charge in [0.2, 0.25) is 0 Å². The summed E-state index contributed by atoms with van der Waals surface area (Å²) in [6.07, 6.45) is 3.17. The molecule has 1 aliphatic heterocycles. The van der Waals surface area contributed by atoms with Crippen LogP contribution < -0.4 is 20.9 Å². The lowest BCUT2D eigenvalue weighted by Gasteiger charge is -2.34. The number of anilines is 1. The first-order valence-corrected chi connectivity index (χ1v) is 12.5. The van der Waals surface area contributed by atoms with Crippen molar-refractivity contribution >= 4 is 22.6 Å². The van der Waals surface area contributed by atoms with Gasteiger partial charge in [-0.1, -0.05) is 18.2 Å². The molecule has 1 atom stereocenters. The zero-order chi connectivity index (χ0) is 27.0. The number of hydrogen-bond donors (Lipinski definition) is 1. The molecule has 0 unspecified atom stereocenters. The van der Waals surface area contributed by atoms with Crippen molar-refractivity contribution in [1.29, 1.82) is 0 Å². The smallest absolute Gasteiger partial charge is 0.278 e. The Balaban J connectivity index is 1.62. The van der Waals surface area contributed by atoms with E-state index in [9.17, 15) is 18.4 Å². The standard InChI is InChI=1S/C28H29F2N5O3/c1-17-25-26(28(37)34(16-32-25)15-24(36)19-5-3-7-21(12-19)38-2)35(13-18-8-9-22(29)23(30)11-18)27(17)33-10-4-6-20(31)14-33/h3,5,7-9,11-12,16,20H,4,6,10,13-15,31H2,1-2H3/t20-/m1/s1. The molecule has 38 heavy (non-hydrogen) atoms. The predicted octanol–water partition coefficient (Wildman–Crippen LogP) is 3.65. The number of methoxy groups -OCH3 is 1. The molecule has 0 radical (unpaired) electrons. The van der Waals surface area contributed by atoms with E-state index in [0.29, 0.717) is 34.5 Å². The number of piperidine rings is 1. The monoisotopic (exact) mass is 521 g/mol. The number of aryl methyl sites for hydroxylation is 1.